The highest BCUT2D eigenvalue weighted by Crippen LogP contribution is 2.26. The van der Waals surface area contributed by atoms with E-state index in [4.69, 9.17) is 16.3 Å². The van der Waals surface area contributed by atoms with Crippen molar-refractivity contribution >= 4 is 23.6 Å². The number of nitriles is 1. The molecule has 1 heterocycles. The van der Waals surface area contributed by atoms with Gasteiger partial charge in [-0.1, -0.05) is 11.6 Å². The summed E-state index contributed by atoms with van der Waals surface area (Å²) < 4.78 is 6.79. The molecule has 6 heteroatoms. The van der Waals surface area contributed by atoms with Gasteiger partial charge in [-0.25, -0.2) is 9.67 Å². The number of hydrogen-bond acceptors (Lipinski definition) is 4. The number of aromatic nitrogens is 2. The molecule has 5 nitrogen and oxygen atoms in total. The van der Waals surface area contributed by atoms with E-state index >= 15 is 0 Å². The van der Waals surface area contributed by atoms with E-state index in [0.717, 1.165) is 17.0 Å². The van der Waals surface area contributed by atoms with Crippen LogP contribution in [0.2, 0.25) is 5.02 Å². The van der Waals surface area contributed by atoms with Crippen molar-refractivity contribution in [1.82, 2.24) is 9.78 Å². The summed E-state index contributed by atoms with van der Waals surface area (Å²) in [5.74, 6) is 1.26. The van der Waals surface area contributed by atoms with Crippen molar-refractivity contribution in [2.75, 3.05) is 7.11 Å². The Bertz CT molecular complexity index is 951. The van der Waals surface area contributed by atoms with Gasteiger partial charge >= 0.3 is 0 Å². The summed E-state index contributed by atoms with van der Waals surface area (Å²) in [7, 11) is 1.62. The van der Waals surface area contributed by atoms with Crippen LogP contribution in [0.4, 0.5) is 5.82 Å². The highest BCUT2D eigenvalue weighted by Gasteiger charge is 2.15. The van der Waals surface area contributed by atoms with E-state index in [1.165, 1.54) is 0 Å². The van der Waals surface area contributed by atoms with E-state index < -0.39 is 0 Å². The monoisotopic (exact) mass is 350 g/mol. The van der Waals surface area contributed by atoms with E-state index in [1.54, 1.807) is 37.1 Å². The first-order valence-corrected chi connectivity index (χ1v) is 7.94. The predicted octanol–water partition coefficient (Wildman–Crippen LogP) is 4.47. The smallest absolute Gasteiger partial charge is 0.173 e. The third-order valence-electron chi connectivity index (χ3n) is 3.67. The molecular formula is C19H15ClN4O. The number of aliphatic imine (C=N–C) groups is 1. The molecule has 2 aromatic carbocycles. The standard InChI is InChI=1S/C19H15ClN4O/c1-13-18(11-21)19(22-12-14-3-9-17(25-2)10-4-14)24(23-13)16-7-5-15(20)6-8-16/h3-10,12H,1-2H3. The van der Waals surface area contributed by atoms with Gasteiger partial charge in [-0.05, 0) is 61.0 Å². The fourth-order valence-corrected chi connectivity index (χ4v) is 2.48. The summed E-state index contributed by atoms with van der Waals surface area (Å²) in [5.41, 5.74) is 2.75. The van der Waals surface area contributed by atoms with Crippen LogP contribution in [0.1, 0.15) is 16.8 Å². The molecule has 0 saturated heterocycles. The molecule has 0 unspecified atom stereocenters. The zero-order valence-electron chi connectivity index (χ0n) is 13.8. The molecule has 0 fully saturated rings. The maximum absolute atomic E-state index is 9.45. The van der Waals surface area contributed by atoms with Crippen molar-refractivity contribution in [3.8, 4) is 17.5 Å². The molecule has 0 amide bonds. The van der Waals surface area contributed by atoms with Crippen molar-refractivity contribution in [3.05, 3.63) is 70.4 Å². The van der Waals surface area contributed by atoms with Crippen LogP contribution in [0.25, 0.3) is 5.69 Å². The molecule has 0 atom stereocenters. The fourth-order valence-electron chi connectivity index (χ4n) is 2.35. The summed E-state index contributed by atoms with van der Waals surface area (Å²) in [4.78, 5) is 4.50. The SMILES string of the molecule is COc1ccc(C=Nc2c(C#N)c(C)nn2-c2ccc(Cl)cc2)cc1. The number of methoxy groups -OCH3 is 1. The maximum Gasteiger partial charge on any atom is 0.173 e. The van der Waals surface area contributed by atoms with Crippen LogP contribution in [0.5, 0.6) is 5.75 Å². The molecule has 124 valence electrons. The van der Waals surface area contributed by atoms with Crippen LogP contribution in [-0.2, 0) is 0 Å². The molecular weight excluding hydrogens is 336 g/mol. The lowest BCUT2D eigenvalue weighted by Gasteiger charge is -2.04. The molecule has 1 aromatic heterocycles. The van der Waals surface area contributed by atoms with Gasteiger partial charge in [0.05, 0.1) is 18.5 Å². The third-order valence-corrected chi connectivity index (χ3v) is 3.92. The molecule has 0 aliphatic rings. The average molecular weight is 351 g/mol. The quantitative estimate of drug-likeness (QED) is 0.652. The van der Waals surface area contributed by atoms with Gasteiger partial charge in [-0.2, -0.15) is 10.4 Å². The van der Waals surface area contributed by atoms with Gasteiger partial charge < -0.3 is 4.74 Å². The molecule has 0 radical (unpaired) electrons. The van der Waals surface area contributed by atoms with Gasteiger partial charge in [0.15, 0.2) is 5.82 Å². The summed E-state index contributed by atoms with van der Waals surface area (Å²) in [5, 5.41) is 14.5. The number of rotatable bonds is 4. The van der Waals surface area contributed by atoms with Gasteiger partial charge in [0.1, 0.15) is 17.4 Å². The fraction of sp³-hybridized carbons (Fsp3) is 0.105. The van der Waals surface area contributed by atoms with Crippen LogP contribution < -0.4 is 4.74 Å². The Morgan fingerprint density at radius 2 is 1.84 bits per heavy atom. The van der Waals surface area contributed by atoms with Gasteiger partial charge in [0, 0.05) is 11.2 Å². The van der Waals surface area contributed by atoms with Gasteiger partial charge in [0.25, 0.3) is 0 Å². The van der Waals surface area contributed by atoms with E-state index in [2.05, 4.69) is 16.2 Å². The second kappa shape index (κ2) is 7.20. The van der Waals surface area contributed by atoms with Crippen molar-refractivity contribution in [3.63, 3.8) is 0 Å². The molecule has 0 saturated carbocycles. The normalized spacial score (nSPS) is 10.8. The van der Waals surface area contributed by atoms with Crippen LogP contribution in [0, 0.1) is 18.3 Å². The maximum atomic E-state index is 9.45. The van der Waals surface area contributed by atoms with Crippen LogP contribution in [-0.4, -0.2) is 23.1 Å². The number of hydrogen-bond donors (Lipinski definition) is 0. The summed E-state index contributed by atoms with van der Waals surface area (Å²) in [6.45, 7) is 1.79. The van der Waals surface area contributed by atoms with Crippen molar-refractivity contribution in [1.29, 1.82) is 5.26 Å². The zero-order valence-corrected chi connectivity index (χ0v) is 14.5. The van der Waals surface area contributed by atoms with Crippen molar-refractivity contribution in [2.24, 2.45) is 4.99 Å². The number of benzene rings is 2. The first-order valence-electron chi connectivity index (χ1n) is 7.56. The summed E-state index contributed by atoms with van der Waals surface area (Å²) >= 11 is 5.95. The lowest BCUT2D eigenvalue weighted by atomic mass is 10.2. The lowest BCUT2D eigenvalue weighted by Crippen LogP contribution is -1.96. The molecule has 25 heavy (non-hydrogen) atoms. The Morgan fingerprint density at radius 1 is 1.16 bits per heavy atom. The molecule has 3 rings (SSSR count). The Hall–Kier alpha value is -3.10. The third kappa shape index (κ3) is 3.54. The minimum absolute atomic E-state index is 0.444. The Labute approximate surface area is 150 Å². The molecule has 0 bridgehead atoms. The second-order valence-corrected chi connectivity index (χ2v) is 5.75. The summed E-state index contributed by atoms with van der Waals surface area (Å²) in [6, 6.07) is 16.9. The molecule has 0 aliphatic heterocycles. The average Bonchev–Trinajstić information content (AvgIpc) is 2.96. The second-order valence-electron chi connectivity index (χ2n) is 5.32. The lowest BCUT2D eigenvalue weighted by molar-refractivity contribution is 0.415. The first-order chi connectivity index (χ1) is 12.1. The van der Waals surface area contributed by atoms with E-state index in [-0.39, 0.29) is 0 Å². The van der Waals surface area contributed by atoms with Crippen LogP contribution in [0.3, 0.4) is 0 Å². The topological polar surface area (TPSA) is 63.2 Å². The largest absolute Gasteiger partial charge is 0.497 e. The van der Waals surface area contributed by atoms with Crippen molar-refractivity contribution < 1.29 is 4.74 Å². The zero-order chi connectivity index (χ0) is 17.8. The number of nitrogens with zero attached hydrogens (tertiary/aromatic N) is 4. The predicted molar refractivity (Wildman–Crippen MR) is 98.3 cm³/mol. The molecule has 0 spiro atoms. The minimum Gasteiger partial charge on any atom is -0.497 e. The Morgan fingerprint density at radius 3 is 2.44 bits per heavy atom. The minimum atomic E-state index is 0.444. The van der Waals surface area contributed by atoms with Crippen LogP contribution in [0.15, 0.2) is 53.5 Å². The van der Waals surface area contributed by atoms with Gasteiger partial charge in [0.2, 0.25) is 0 Å². The summed E-state index contributed by atoms with van der Waals surface area (Å²) in [6.07, 6.45) is 1.70. The molecule has 3 aromatic rings. The Balaban J connectivity index is 2.03. The number of halogens is 1. The van der Waals surface area contributed by atoms with Crippen LogP contribution >= 0.6 is 11.6 Å². The number of aryl methyl sites for hydroxylation is 1. The highest BCUT2D eigenvalue weighted by atomic mass is 35.5. The van der Waals surface area contributed by atoms with Gasteiger partial charge in [-0.15, -0.1) is 0 Å². The van der Waals surface area contributed by atoms with E-state index in [1.807, 2.05) is 36.4 Å². The first kappa shape index (κ1) is 16.7. The van der Waals surface area contributed by atoms with E-state index in [9.17, 15) is 5.26 Å². The van der Waals surface area contributed by atoms with Crippen molar-refractivity contribution in [2.45, 2.75) is 6.92 Å². The Kier molecular flexibility index (Phi) is 4.82. The van der Waals surface area contributed by atoms with E-state index in [0.29, 0.717) is 22.1 Å². The highest BCUT2D eigenvalue weighted by molar-refractivity contribution is 6.30. The number of ether oxygens (including phenoxy) is 1. The molecule has 0 N–H and O–H groups in total. The molecule has 0 aliphatic carbocycles. The van der Waals surface area contributed by atoms with Gasteiger partial charge in [-0.3, -0.25) is 0 Å².